The van der Waals surface area contributed by atoms with E-state index in [1.165, 1.54) is 6.07 Å². The van der Waals surface area contributed by atoms with E-state index in [1.807, 2.05) is 13.0 Å². The molecule has 0 saturated heterocycles. The Morgan fingerprint density at radius 2 is 1.68 bits per heavy atom. The summed E-state index contributed by atoms with van der Waals surface area (Å²) in [6.07, 6.45) is 1.99. The minimum Gasteiger partial charge on any atom is -0.351 e. The highest BCUT2D eigenvalue weighted by molar-refractivity contribution is 7.93. The van der Waals surface area contributed by atoms with Gasteiger partial charge in [0.15, 0.2) is 14.6 Å². The lowest BCUT2D eigenvalue weighted by Gasteiger charge is -2.28. The Labute approximate surface area is 166 Å². The zero-order chi connectivity index (χ0) is 20.5. The second-order valence-corrected chi connectivity index (χ2v) is 9.97. The fraction of sp³-hybridized carbons (Fsp3) is 0.409. The summed E-state index contributed by atoms with van der Waals surface area (Å²) in [7, 11) is -3.86. The molecule has 0 aliphatic heterocycles. The smallest absolute Gasteiger partial charge is 0.242 e. The maximum atomic E-state index is 13.8. The van der Waals surface area contributed by atoms with E-state index in [4.69, 9.17) is 0 Å². The topological polar surface area (TPSA) is 63.2 Å². The van der Waals surface area contributed by atoms with Gasteiger partial charge in [-0.05, 0) is 68.0 Å². The Hall–Kier alpha value is -2.21. The number of halogens is 1. The molecule has 1 fully saturated rings. The monoisotopic (exact) mass is 403 g/mol. The highest BCUT2D eigenvalue weighted by Gasteiger charge is 2.53. The van der Waals surface area contributed by atoms with Gasteiger partial charge in [-0.25, -0.2) is 12.8 Å². The van der Waals surface area contributed by atoms with Gasteiger partial charge >= 0.3 is 0 Å². The van der Waals surface area contributed by atoms with Crippen LogP contribution in [0.5, 0.6) is 0 Å². The molecule has 0 unspecified atom stereocenters. The molecule has 0 spiro atoms. The van der Waals surface area contributed by atoms with Crippen molar-refractivity contribution in [2.75, 3.05) is 0 Å². The Morgan fingerprint density at radius 1 is 1.04 bits per heavy atom. The lowest BCUT2D eigenvalue weighted by molar-refractivity contribution is -0.123. The first-order valence-electron chi connectivity index (χ1n) is 9.52. The van der Waals surface area contributed by atoms with Gasteiger partial charge in [0.25, 0.3) is 0 Å². The molecular formula is C22H26FNO3S. The van der Waals surface area contributed by atoms with E-state index in [0.717, 1.165) is 5.56 Å². The van der Waals surface area contributed by atoms with Crippen molar-refractivity contribution >= 4 is 15.7 Å². The second kappa shape index (κ2) is 7.66. The molecule has 2 aromatic rings. The fourth-order valence-electron chi connectivity index (χ4n) is 3.86. The van der Waals surface area contributed by atoms with Crippen LogP contribution >= 0.6 is 0 Å². The van der Waals surface area contributed by atoms with Gasteiger partial charge in [0.1, 0.15) is 5.82 Å². The van der Waals surface area contributed by atoms with Gasteiger partial charge in [-0.1, -0.05) is 37.1 Å². The van der Waals surface area contributed by atoms with Crippen LogP contribution in [-0.4, -0.2) is 19.1 Å². The zero-order valence-corrected chi connectivity index (χ0v) is 17.3. The Bertz CT molecular complexity index is 1010. The molecule has 1 N–H and O–H groups in total. The van der Waals surface area contributed by atoms with Crippen molar-refractivity contribution in [3.8, 4) is 0 Å². The molecule has 1 saturated carbocycles. The van der Waals surface area contributed by atoms with E-state index in [0.29, 0.717) is 42.4 Å². The maximum absolute atomic E-state index is 13.8. The van der Waals surface area contributed by atoms with Gasteiger partial charge in [-0.15, -0.1) is 0 Å². The summed E-state index contributed by atoms with van der Waals surface area (Å²) in [6, 6.07) is 10.0. The standard InChI is InChI=1S/C22H26FNO3S/c1-15-6-7-17(3)20(12-15)28(26,27)22(10-4-5-11-22)21(25)24-14-18-9-8-16(2)19(23)13-18/h6-9,12-13H,4-5,10-11,14H2,1-3H3,(H,24,25). The first-order chi connectivity index (χ1) is 13.2. The number of nitrogens with one attached hydrogen (secondary N) is 1. The van der Waals surface area contributed by atoms with Crippen LogP contribution < -0.4 is 5.32 Å². The number of benzene rings is 2. The molecule has 2 aromatic carbocycles. The summed E-state index contributed by atoms with van der Waals surface area (Å²) in [5.74, 6) is -0.836. The molecule has 1 aliphatic carbocycles. The molecule has 6 heteroatoms. The van der Waals surface area contributed by atoms with Crippen LogP contribution in [0.1, 0.15) is 47.9 Å². The van der Waals surface area contributed by atoms with Gasteiger partial charge in [-0.2, -0.15) is 0 Å². The van der Waals surface area contributed by atoms with E-state index in [2.05, 4.69) is 5.32 Å². The molecule has 0 atom stereocenters. The lowest BCUT2D eigenvalue weighted by atomic mass is 10.1. The third kappa shape index (κ3) is 3.58. The van der Waals surface area contributed by atoms with Crippen LogP contribution in [0.2, 0.25) is 0 Å². The van der Waals surface area contributed by atoms with E-state index in [1.54, 1.807) is 38.1 Å². The van der Waals surface area contributed by atoms with Crippen molar-refractivity contribution in [2.24, 2.45) is 0 Å². The molecule has 3 rings (SSSR count). The molecule has 0 radical (unpaired) electrons. The van der Waals surface area contributed by atoms with E-state index >= 15 is 0 Å². The number of carbonyl (C=O) groups is 1. The van der Waals surface area contributed by atoms with Crippen LogP contribution in [0.15, 0.2) is 41.3 Å². The lowest BCUT2D eigenvalue weighted by Crippen LogP contribution is -2.50. The zero-order valence-electron chi connectivity index (χ0n) is 16.5. The summed E-state index contributed by atoms with van der Waals surface area (Å²) < 4.78 is 39.4. The highest BCUT2D eigenvalue weighted by atomic mass is 32.2. The predicted molar refractivity (Wildman–Crippen MR) is 107 cm³/mol. The van der Waals surface area contributed by atoms with Crippen molar-refractivity contribution in [2.45, 2.75) is 62.6 Å². The molecule has 1 amide bonds. The number of carbonyl (C=O) groups excluding carboxylic acids is 1. The molecule has 150 valence electrons. The minimum atomic E-state index is -3.86. The SMILES string of the molecule is Cc1ccc(C)c(S(=O)(=O)C2(C(=O)NCc3ccc(C)c(F)c3)CCCC2)c1. The van der Waals surface area contributed by atoms with Crippen LogP contribution in [-0.2, 0) is 21.2 Å². The number of amides is 1. The van der Waals surface area contributed by atoms with Crippen molar-refractivity contribution in [1.82, 2.24) is 5.32 Å². The summed E-state index contributed by atoms with van der Waals surface area (Å²) in [5, 5.41) is 2.75. The van der Waals surface area contributed by atoms with Crippen molar-refractivity contribution in [3.05, 3.63) is 64.5 Å². The van der Waals surface area contributed by atoms with Crippen LogP contribution in [0, 0.1) is 26.6 Å². The predicted octanol–water partition coefficient (Wildman–Crippen LogP) is 4.15. The van der Waals surface area contributed by atoms with E-state index < -0.39 is 20.5 Å². The third-order valence-corrected chi connectivity index (χ3v) is 8.30. The molecule has 1 aliphatic rings. The number of hydrogen-bond acceptors (Lipinski definition) is 3. The average molecular weight is 404 g/mol. The van der Waals surface area contributed by atoms with Gasteiger partial charge in [0, 0.05) is 6.54 Å². The molecule has 0 aromatic heterocycles. The first-order valence-corrected chi connectivity index (χ1v) is 11.0. The normalized spacial score (nSPS) is 16.1. The first kappa shape index (κ1) is 20.5. The number of sulfone groups is 1. The van der Waals surface area contributed by atoms with E-state index in [9.17, 15) is 17.6 Å². The van der Waals surface area contributed by atoms with Gasteiger partial charge in [0.05, 0.1) is 4.90 Å². The quantitative estimate of drug-likeness (QED) is 0.816. The van der Waals surface area contributed by atoms with Crippen molar-refractivity contribution in [3.63, 3.8) is 0 Å². The summed E-state index contributed by atoms with van der Waals surface area (Å²) >= 11 is 0. The van der Waals surface area contributed by atoms with Crippen LogP contribution in [0.3, 0.4) is 0 Å². The van der Waals surface area contributed by atoms with Crippen LogP contribution in [0.25, 0.3) is 0 Å². The van der Waals surface area contributed by atoms with E-state index in [-0.39, 0.29) is 17.3 Å². The van der Waals surface area contributed by atoms with Crippen molar-refractivity contribution in [1.29, 1.82) is 0 Å². The van der Waals surface area contributed by atoms with Gasteiger partial charge < -0.3 is 5.32 Å². The molecule has 0 heterocycles. The van der Waals surface area contributed by atoms with Crippen molar-refractivity contribution < 1.29 is 17.6 Å². The maximum Gasteiger partial charge on any atom is 0.242 e. The van der Waals surface area contributed by atoms with Gasteiger partial charge in [-0.3, -0.25) is 4.79 Å². The summed E-state index contributed by atoms with van der Waals surface area (Å²) in [6.45, 7) is 5.36. The number of aryl methyl sites for hydroxylation is 3. The Morgan fingerprint density at radius 3 is 2.32 bits per heavy atom. The molecule has 0 bridgehead atoms. The van der Waals surface area contributed by atoms with Crippen LogP contribution in [0.4, 0.5) is 4.39 Å². The molecule has 28 heavy (non-hydrogen) atoms. The third-order valence-electron chi connectivity index (χ3n) is 5.66. The van der Waals surface area contributed by atoms with Gasteiger partial charge in [0.2, 0.25) is 5.91 Å². The molecule has 4 nitrogen and oxygen atoms in total. The number of rotatable bonds is 5. The highest BCUT2D eigenvalue weighted by Crippen LogP contribution is 2.41. The largest absolute Gasteiger partial charge is 0.351 e. The summed E-state index contributed by atoms with van der Waals surface area (Å²) in [4.78, 5) is 13.4. The Balaban J connectivity index is 1.91. The molecular weight excluding hydrogens is 377 g/mol. The second-order valence-electron chi connectivity index (χ2n) is 7.74. The fourth-order valence-corrected chi connectivity index (χ4v) is 6.26. The number of hydrogen-bond donors (Lipinski definition) is 1. The average Bonchev–Trinajstić information content (AvgIpc) is 3.16. The minimum absolute atomic E-state index is 0.0973. The Kier molecular flexibility index (Phi) is 5.62. The summed E-state index contributed by atoms with van der Waals surface area (Å²) in [5.41, 5.74) is 2.62.